The van der Waals surface area contributed by atoms with Gasteiger partial charge in [0.25, 0.3) is 0 Å². The van der Waals surface area contributed by atoms with Crippen molar-refractivity contribution in [3.05, 3.63) is 61.6 Å². The van der Waals surface area contributed by atoms with Crippen LogP contribution in [0.15, 0.2) is 46.9 Å². The van der Waals surface area contributed by atoms with Gasteiger partial charge in [0.15, 0.2) is 0 Å². The van der Waals surface area contributed by atoms with Crippen molar-refractivity contribution in [1.29, 1.82) is 0 Å². The fourth-order valence-corrected chi connectivity index (χ4v) is 3.65. The summed E-state index contributed by atoms with van der Waals surface area (Å²) in [6.45, 7) is 0.619. The number of hydrogen-bond acceptors (Lipinski definition) is 1. The minimum Gasteiger partial charge on any atom is -0.308 e. The molecule has 1 aliphatic rings. The van der Waals surface area contributed by atoms with Gasteiger partial charge < -0.3 is 4.90 Å². The Balaban J connectivity index is 2.00. The summed E-state index contributed by atoms with van der Waals surface area (Å²) in [6.07, 6.45) is 2.53. The summed E-state index contributed by atoms with van der Waals surface area (Å²) in [5.74, 6) is 0.214. The third-order valence-corrected chi connectivity index (χ3v) is 5.20. The van der Waals surface area contributed by atoms with Gasteiger partial charge in [0.2, 0.25) is 5.91 Å². The largest absolute Gasteiger partial charge is 0.308 e. The Kier molecular flexibility index (Phi) is 4.64. The molecule has 0 fully saturated rings. The van der Waals surface area contributed by atoms with Gasteiger partial charge in [0.1, 0.15) is 0 Å². The van der Waals surface area contributed by atoms with Crippen molar-refractivity contribution >= 4 is 50.1 Å². The highest BCUT2D eigenvalue weighted by atomic mass is 127. The highest BCUT2D eigenvalue weighted by Crippen LogP contribution is 2.31. The van der Waals surface area contributed by atoms with Crippen LogP contribution in [0.2, 0.25) is 0 Å². The molecule has 1 amide bonds. The van der Waals surface area contributed by atoms with E-state index in [1.54, 1.807) is 0 Å². The van der Waals surface area contributed by atoms with E-state index in [4.69, 9.17) is 0 Å². The summed E-state index contributed by atoms with van der Waals surface area (Å²) >= 11 is 5.90. The van der Waals surface area contributed by atoms with Crippen molar-refractivity contribution in [2.75, 3.05) is 4.90 Å². The highest BCUT2D eigenvalue weighted by molar-refractivity contribution is 14.1. The summed E-state index contributed by atoms with van der Waals surface area (Å²) in [4.78, 5) is 14.4. The van der Waals surface area contributed by atoms with E-state index < -0.39 is 0 Å². The molecule has 0 atom stereocenters. The van der Waals surface area contributed by atoms with Gasteiger partial charge in [0, 0.05) is 20.2 Å². The Labute approximate surface area is 146 Å². The molecule has 21 heavy (non-hydrogen) atoms. The molecule has 0 radical (unpaired) electrons. The Hall–Kier alpha value is -0.880. The van der Waals surface area contributed by atoms with Gasteiger partial charge in [-0.25, -0.2) is 0 Å². The Morgan fingerprint density at radius 3 is 2.76 bits per heavy atom. The molecule has 108 valence electrons. The van der Waals surface area contributed by atoms with Gasteiger partial charge in [-0.1, -0.05) is 34.1 Å². The van der Waals surface area contributed by atoms with E-state index in [0.29, 0.717) is 13.0 Å². The second-order valence-corrected chi connectivity index (χ2v) is 7.30. The molecule has 0 bridgehead atoms. The lowest BCUT2D eigenvalue weighted by Gasteiger charge is -2.24. The van der Waals surface area contributed by atoms with Crippen LogP contribution in [0.4, 0.5) is 5.69 Å². The summed E-state index contributed by atoms with van der Waals surface area (Å²) in [5, 5.41) is 0. The number of aryl methyl sites for hydroxylation is 1. The number of hydrogen-bond donors (Lipinski definition) is 0. The molecule has 3 rings (SSSR count). The number of halogens is 2. The molecule has 4 heteroatoms. The molecule has 2 aromatic rings. The first-order valence-electron chi connectivity index (χ1n) is 6.97. The average molecular weight is 456 g/mol. The second-order valence-electron chi connectivity index (χ2n) is 5.20. The average Bonchev–Trinajstić information content (AvgIpc) is 2.61. The molecular weight excluding hydrogens is 441 g/mol. The van der Waals surface area contributed by atoms with Gasteiger partial charge in [-0.2, -0.15) is 0 Å². The fourth-order valence-electron chi connectivity index (χ4n) is 2.69. The highest BCUT2D eigenvalue weighted by Gasteiger charge is 2.22. The van der Waals surface area contributed by atoms with Crippen LogP contribution in [-0.4, -0.2) is 5.91 Å². The van der Waals surface area contributed by atoms with Crippen LogP contribution in [-0.2, 0) is 17.8 Å². The zero-order valence-corrected chi connectivity index (χ0v) is 15.2. The van der Waals surface area contributed by atoms with Crippen LogP contribution in [0.5, 0.6) is 0 Å². The van der Waals surface area contributed by atoms with Crippen LogP contribution in [0.3, 0.4) is 0 Å². The lowest BCUT2D eigenvalue weighted by molar-refractivity contribution is -0.118. The number of nitrogens with zero attached hydrogens (tertiary/aromatic N) is 1. The van der Waals surface area contributed by atoms with Crippen molar-refractivity contribution in [2.45, 2.75) is 25.8 Å². The summed E-state index contributed by atoms with van der Waals surface area (Å²) in [7, 11) is 0. The van der Waals surface area contributed by atoms with Gasteiger partial charge in [-0.3, -0.25) is 4.79 Å². The maximum absolute atomic E-state index is 12.5. The molecule has 0 aromatic heterocycles. The number of amides is 1. The van der Waals surface area contributed by atoms with Crippen molar-refractivity contribution in [3.8, 4) is 0 Å². The molecule has 2 nitrogen and oxygen atoms in total. The Morgan fingerprint density at radius 1 is 1.14 bits per heavy atom. The van der Waals surface area contributed by atoms with E-state index in [9.17, 15) is 4.79 Å². The summed E-state index contributed by atoms with van der Waals surface area (Å²) in [6, 6.07) is 14.4. The fraction of sp³-hybridized carbons (Fsp3) is 0.235. The zero-order chi connectivity index (χ0) is 14.8. The lowest BCUT2D eigenvalue weighted by Crippen LogP contribution is -2.29. The minimum atomic E-state index is 0.214. The summed E-state index contributed by atoms with van der Waals surface area (Å²) < 4.78 is 2.27. The Bertz CT molecular complexity index is 686. The van der Waals surface area contributed by atoms with Crippen molar-refractivity contribution < 1.29 is 4.79 Å². The number of anilines is 1. The van der Waals surface area contributed by atoms with E-state index >= 15 is 0 Å². The number of fused-ring (bicyclic) bond motifs is 1. The Morgan fingerprint density at radius 2 is 1.95 bits per heavy atom. The van der Waals surface area contributed by atoms with Crippen molar-refractivity contribution in [2.24, 2.45) is 0 Å². The molecule has 2 aromatic carbocycles. The van der Waals surface area contributed by atoms with Gasteiger partial charge in [-0.15, -0.1) is 0 Å². The number of benzene rings is 2. The molecule has 0 aliphatic carbocycles. The van der Waals surface area contributed by atoms with Crippen molar-refractivity contribution in [3.63, 3.8) is 0 Å². The monoisotopic (exact) mass is 455 g/mol. The molecular formula is C17H15BrINO. The maximum atomic E-state index is 12.5. The van der Waals surface area contributed by atoms with Crippen LogP contribution >= 0.6 is 38.5 Å². The smallest absolute Gasteiger partial charge is 0.227 e. The third kappa shape index (κ3) is 3.31. The number of carbonyl (C=O) groups excluding carboxylic acids is 1. The third-order valence-electron chi connectivity index (χ3n) is 3.76. The van der Waals surface area contributed by atoms with Crippen LogP contribution in [0.1, 0.15) is 24.0 Å². The maximum Gasteiger partial charge on any atom is 0.227 e. The van der Waals surface area contributed by atoms with Gasteiger partial charge in [0.05, 0.1) is 6.54 Å². The van der Waals surface area contributed by atoms with E-state index in [0.717, 1.165) is 28.6 Å². The van der Waals surface area contributed by atoms with E-state index in [1.165, 1.54) is 9.13 Å². The van der Waals surface area contributed by atoms with Crippen LogP contribution in [0.25, 0.3) is 0 Å². The van der Waals surface area contributed by atoms with E-state index in [1.807, 2.05) is 23.1 Å². The first-order chi connectivity index (χ1) is 10.1. The lowest BCUT2D eigenvalue weighted by atomic mass is 10.1. The molecule has 1 heterocycles. The number of carbonyl (C=O) groups is 1. The van der Waals surface area contributed by atoms with E-state index in [2.05, 4.69) is 62.8 Å². The van der Waals surface area contributed by atoms with E-state index in [-0.39, 0.29) is 5.91 Å². The SMILES string of the molecule is O=C1CCCc2cc(I)ccc2N1Cc1ccccc1Br. The van der Waals surface area contributed by atoms with Gasteiger partial charge in [-0.05, 0) is 70.8 Å². The molecule has 1 aliphatic heterocycles. The molecule has 0 N–H and O–H groups in total. The first-order valence-corrected chi connectivity index (χ1v) is 8.84. The predicted octanol–water partition coefficient (Wildman–Crippen LogP) is 4.92. The minimum absolute atomic E-state index is 0.214. The summed E-state index contributed by atoms with van der Waals surface area (Å²) in [5.41, 5.74) is 3.48. The van der Waals surface area contributed by atoms with Crippen LogP contribution < -0.4 is 4.90 Å². The zero-order valence-electron chi connectivity index (χ0n) is 11.5. The number of rotatable bonds is 2. The van der Waals surface area contributed by atoms with Crippen LogP contribution in [0, 0.1) is 3.57 Å². The van der Waals surface area contributed by atoms with Gasteiger partial charge >= 0.3 is 0 Å². The first kappa shape index (κ1) is 15.0. The molecule has 0 saturated carbocycles. The standard InChI is InChI=1S/C17H15BrINO/c18-15-6-2-1-4-13(15)11-20-16-9-8-14(19)10-12(16)5-3-7-17(20)21/h1-2,4,6,8-10H,3,5,7,11H2. The molecule has 0 unspecified atom stereocenters. The second kappa shape index (κ2) is 6.48. The van der Waals surface area contributed by atoms with Crippen molar-refractivity contribution in [1.82, 2.24) is 0 Å². The predicted molar refractivity (Wildman–Crippen MR) is 97.4 cm³/mol. The molecule has 0 saturated heterocycles. The quantitative estimate of drug-likeness (QED) is 0.588. The molecule has 0 spiro atoms. The normalized spacial score (nSPS) is 14.8. The topological polar surface area (TPSA) is 20.3 Å².